The summed E-state index contributed by atoms with van der Waals surface area (Å²) >= 11 is 1.83. The summed E-state index contributed by atoms with van der Waals surface area (Å²) in [5.41, 5.74) is 0. The Morgan fingerprint density at radius 2 is 1.75 bits per heavy atom. The van der Waals surface area contributed by atoms with Crippen LogP contribution in [0.3, 0.4) is 0 Å². The van der Waals surface area contributed by atoms with Crippen molar-refractivity contribution in [1.82, 2.24) is 0 Å². The van der Waals surface area contributed by atoms with Crippen LogP contribution < -0.4 is 4.74 Å². The summed E-state index contributed by atoms with van der Waals surface area (Å²) in [4.78, 5) is 0. The first-order chi connectivity index (χ1) is 9.83. The average molecular weight is 296 g/mol. The van der Waals surface area contributed by atoms with E-state index in [0.29, 0.717) is 6.61 Å². The number of aliphatic hydroxyl groups excluding tert-OH is 1. The van der Waals surface area contributed by atoms with Crippen LogP contribution in [0, 0.1) is 0 Å². The summed E-state index contributed by atoms with van der Waals surface area (Å²) in [5, 5.41) is 9.84. The number of aliphatic hydroxyl groups is 1. The summed E-state index contributed by atoms with van der Waals surface area (Å²) in [6.45, 7) is 2.63. The minimum atomic E-state index is -0.375. The second kappa shape index (κ2) is 12.1. The zero-order valence-electron chi connectivity index (χ0n) is 12.6. The molecule has 0 bridgehead atoms. The van der Waals surface area contributed by atoms with Crippen LogP contribution >= 0.6 is 11.8 Å². The maximum absolute atomic E-state index is 9.84. The van der Waals surface area contributed by atoms with Crippen LogP contribution in [0.5, 0.6) is 5.75 Å². The second-order valence-corrected chi connectivity index (χ2v) is 6.27. The Morgan fingerprint density at radius 1 is 1.05 bits per heavy atom. The fraction of sp³-hybridized carbons (Fsp3) is 0.647. The summed E-state index contributed by atoms with van der Waals surface area (Å²) in [7, 11) is 0. The first-order valence-corrected chi connectivity index (χ1v) is 8.92. The van der Waals surface area contributed by atoms with Gasteiger partial charge in [0, 0.05) is 5.75 Å². The van der Waals surface area contributed by atoms with Gasteiger partial charge in [-0.2, -0.15) is 11.8 Å². The van der Waals surface area contributed by atoms with Gasteiger partial charge in [0.2, 0.25) is 0 Å². The Hall–Kier alpha value is -0.670. The molecule has 1 N–H and O–H groups in total. The Bertz CT molecular complexity index is 316. The second-order valence-electron chi connectivity index (χ2n) is 5.12. The predicted octanol–water partition coefficient (Wildman–Crippen LogP) is 4.52. The first kappa shape index (κ1) is 17.4. The van der Waals surface area contributed by atoms with Gasteiger partial charge in [0.15, 0.2) is 0 Å². The lowest BCUT2D eigenvalue weighted by molar-refractivity contribution is 0.126. The van der Waals surface area contributed by atoms with Crippen LogP contribution in [0.4, 0.5) is 0 Å². The molecule has 0 saturated heterocycles. The molecular formula is C17H28O2S. The predicted molar refractivity (Wildman–Crippen MR) is 88.6 cm³/mol. The number of thioether (sulfide) groups is 1. The molecule has 1 atom stereocenters. The Labute approximate surface area is 127 Å². The van der Waals surface area contributed by atoms with Gasteiger partial charge in [0.05, 0.1) is 6.10 Å². The average Bonchev–Trinajstić information content (AvgIpc) is 2.49. The van der Waals surface area contributed by atoms with Gasteiger partial charge in [-0.3, -0.25) is 0 Å². The molecule has 0 aliphatic carbocycles. The number of para-hydroxylation sites is 1. The van der Waals surface area contributed by atoms with Gasteiger partial charge in [0.25, 0.3) is 0 Å². The van der Waals surface area contributed by atoms with Crippen LogP contribution in [0.15, 0.2) is 30.3 Å². The quantitative estimate of drug-likeness (QED) is 0.575. The minimum Gasteiger partial charge on any atom is -0.491 e. The van der Waals surface area contributed by atoms with Crippen LogP contribution in [-0.2, 0) is 0 Å². The monoisotopic (exact) mass is 296 g/mol. The van der Waals surface area contributed by atoms with E-state index in [4.69, 9.17) is 4.74 Å². The van der Waals surface area contributed by atoms with Gasteiger partial charge in [-0.15, -0.1) is 0 Å². The lowest BCUT2D eigenvalue weighted by Crippen LogP contribution is -2.20. The van der Waals surface area contributed by atoms with Crippen LogP contribution in [0.1, 0.15) is 45.4 Å². The van der Waals surface area contributed by atoms with E-state index < -0.39 is 0 Å². The highest BCUT2D eigenvalue weighted by Crippen LogP contribution is 2.12. The topological polar surface area (TPSA) is 29.5 Å². The van der Waals surface area contributed by atoms with Crippen molar-refractivity contribution in [3.63, 3.8) is 0 Å². The summed E-state index contributed by atoms with van der Waals surface area (Å²) in [5.74, 6) is 2.74. The van der Waals surface area contributed by atoms with Gasteiger partial charge in [-0.05, 0) is 24.3 Å². The van der Waals surface area contributed by atoms with Crippen molar-refractivity contribution in [3.05, 3.63) is 30.3 Å². The molecule has 0 radical (unpaired) electrons. The number of ether oxygens (including phenoxy) is 1. The lowest BCUT2D eigenvalue weighted by atomic mass is 10.1. The molecule has 1 aromatic carbocycles. The molecule has 0 spiro atoms. The fourth-order valence-corrected chi connectivity index (χ4v) is 2.90. The third kappa shape index (κ3) is 9.27. The van der Waals surface area contributed by atoms with Crippen molar-refractivity contribution in [1.29, 1.82) is 0 Å². The van der Waals surface area contributed by atoms with Crippen molar-refractivity contribution in [2.75, 3.05) is 18.1 Å². The van der Waals surface area contributed by atoms with E-state index in [9.17, 15) is 5.11 Å². The maximum atomic E-state index is 9.84. The number of hydrogen-bond acceptors (Lipinski definition) is 3. The molecule has 0 amide bonds. The molecule has 0 aromatic heterocycles. The fourth-order valence-electron chi connectivity index (χ4n) is 1.96. The number of hydrogen-bond donors (Lipinski definition) is 1. The molecule has 114 valence electrons. The van der Waals surface area contributed by atoms with E-state index in [0.717, 1.165) is 17.3 Å². The highest BCUT2D eigenvalue weighted by atomic mass is 32.2. The molecule has 1 aromatic rings. The molecule has 3 heteroatoms. The van der Waals surface area contributed by atoms with E-state index in [-0.39, 0.29) is 6.10 Å². The summed E-state index contributed by atoms with van der Waals surface area (Å²) < 4.78 is 5.53. The van der Waals surface area contributed by atoms with Gasteiger partial charge in [0.1, 0.15) is 12.4 Å². The zero-order valence-corrected chi connectivity index (χ0v) is 13.4. The molecule has 0 aliphatic heterocycles. The van der Waals surface area contributed by atoms with Crippen molar-refractivity contribution < 1.29 is 9.84 Å². The zero-order chi connectivity index (χ0) is 14.5. The van der Waals surface area contributed by atoms with E-state index >= 15 is 0 Å². The Balaban J connectivity index is 1.91. The van der Waals surface area contributed by atoms with Gasteiger partial charge >= 0.3 is 0 Å². The highest BCUT2D eigenvalue weighted by molar-refractivity contribution is 7.99. The molecule has 1 unspecified atom stereocenters. The van der Waals surface area contributed by atoms with Crippen LogP contribution in [-0.4, -0.2) is 29.3 Å². The third-order valence-electron chi connectivity index (χ3n) is 3.14. The van der Waals surface area contributed by atoms with Crippen molar-refractivity contribution in [2.45, 2.75) is 51.6 Å². The molecule has 1 rings (SSSR count). The van der Waals surface area contributed by atoms with E-state index in [2.05, 4.69) is 6.92 Å². The number of benzene rings is 1. The van der Waals surface area contributed by atoms with Crippen molar-refractivity contribution in [2.24, 2.45) is 0 Å². The van der Waals surface area contributed by atoms with E-state index in [1.807, 2.05) is 42.1 Å². The normalized spacial score (nSPS) is 12.3. The molecular weight excluding hydrogens is 268 g/mol. The molecule has 20 heavy (non-hydrogen) atoms. The maximum Gasteiger partial charge on any atom is 0.119 e. The first-order valence-electron chi connectivity index (χ1n) is 7.76. The third-order valence-corrected chi connectivity index (χ3v) is 4.34. The van der Waals surface area contributed by atoms with Crippen LogP contribution in [0.25, 0.3) is 0 Å². The molecule has 0 heterocycles. The lowest BCUT2D eigenvalue weighted by Gasteiger charge is -2.12. The summed E-state index contributed by atoms with van der Waals surface area (Å²) in [6, 6.07) is 9.66. The van der Waals surface area contributed by atoms with Crippen LogP contribution in [0.2, 0.25) is 0 Å². The smallest absolute Gasteiger partial charge is 0.119 e. The highest BCUT2D eigenvalue weighted by Gasteiger charge is 2.05. The Kier molecular flexibility index (Phi) is 10.5. The number of rotatable bonds is 12. The van der Waals surface area contributed by atoms with Gasteiger partial charge < -0.3 is 9.84 Å². The molecule has 2 nitrogen and oxygen atoms in total. The number of unbranched alkanes of at least 4 members (excludes halogenated alkanes) is 5. The molecule has 0 fully saturated rings. The SMILES string of the molecule is CCCCCCCCSCC(O)COc1ccccc1. The molecule has 0 aliphatic rings. The van der Waals surface area contributed by atoms with Crippen molar-refractivity contribution in [3.8, 4) is 5.75 Å². The van der Waals surface area contributed by atoms with Gasteiger partial charge in [-0.1, -0.05) is 57.2 Å². The standard InChI is InChI=1S/C17H28O2S/c1-2-3-4-5-6-10-13-20-15-16(18)14-19-17-11-8-7-9-12-17/h7-9,11-12,16,18H,2-6,10,13-15H2,1H3. The van der Waals surface area contributed by atoms with E-state index in [1.165, 1.54) is 38.5 Å². The molecule has 0 saturated carbocycles. The van der Waals surface area contributed by atoms with E-state index in [1.54, 1.807) is 0 Å². The summed E-state index contributed by atoms with van der Waals surface area (Å²) in [6.07, 6.45) is 7.61. The largest absolute Gasteiger partial charge is 0.491 e. The van der Waals surface area contributed by atoms with Crippen molar-refractivity contribution >= 4 is 11.8 Å². The Morgan fingerprint density at radius 3 is 2.50 bits per heavy atom. The minimum absolute atomic E-state index is 0.375. The van der Waals surface area contributed by atoms with Gasteiger partial charge in [-0.25, -0.2) is 0 Å².